The van der Waals surface area contributed by atoms with Crippen LogP contribution in [0, 0.1) is 0 Å². The van der Waals surface area contributed by atoms with E-state index in [9.17, 15) is 13.2 Å². The number of carbonyl (C=O) groups excluding carboxylic acids is 1. The van der Waals surface area contributed by atoms with Gasteiger partial charge in [-0.15, -0.1) is 11.3 Å². The van der Waals surface area contributed by atoms with Crippen LogP contribution in [0.25, 0.3) is 11.1 Å². The highest BCUT2D eigenvalue weighted by Crippen LogP contribution is 2.29. The van der Waals surface area contributed by atoms with Crippen LogP contribution in [-0.2, 0) is 28.2 Å². The molecule has 1 amide bonds. The summed E-state index contributed by atoms with van der Waals surface area (Å²) in [5, 5.41) is 7.16. The third-order valence-corrected chi connectivity index (χ3v) is 6.97. The fourth-order valence-electron chi connectivity index (χ4n) is 2.49. The molecule has 0 atom stereocenters. The van der Waals surface area contributed by atoms with Crippen LogP contribution in [0.4, 0.5) is 4.79 Å². The lowest BCUT2D eigenvalue weighted by molar-refractivity contribution is 0.0523. The van der Waals surface area contributed by atoms with Crippen molar-refractivity contribution in [2.75, 3.05) is 0 Å². The molecule has 0 fully saturated rings. The molecule has 10 heteroatoms. The normalized spacial score (nSPS) is 12.0. The van der Waals surface area contributed by atoms with Gasteiger partial charge in [0.15, 0.2) is 0 Å². The number of aryl methyl sites for hydroxylation is 1. The Labute approximate surface area is 173 Å². The highest BCUT2D eigenvalue weighted by atomic mass is 32.2. The lowest BCUT2D eigenvalue weighted by Crippen LogP contribution is -2.32. The molecule has 3 rings (SSSR count). The Morgan fingerprint density at radius 2 is 2.00 bits per heavy atom. The highest BCUT2D eigenvalue weighted by Gasteiger charge is 2.22. The maximum absolute atomic E-state index is 13.0. The minimum Gasteiger partial charge on any atom is -0.444 e. The zero-order valence-electron chi connectivity index (χ0n) is 16.5. The van der Waals surface area contributed by atoms with E-state index in [0.29, 0.717) is 5.01 Å². The summed E-state index contributed by atoms with van der Waals surface area (Å²) in [7, 11) is -1.92. The second-order valence-corrected chi connectivity index (χ2v) is 10.7. The number of thiazole rings is 1. The molecule has 29 heavy (non-hydrogen) atoms. The molecule has 0 aliphatic rings. The van der Waals surface area contributed by atoms with Gasteiger partial charge in [-0.3, -0.25) is 4.68 Å². The molecule has 1 aromatic carbocycles. The Morgan fingerprint density at radius 1 is 1.24 bits per heavy atom. The van der Waals surface area contributed by atoms with Gasteiger partial charge in [-0.1, -0.05) is 12.1 Å². The largest absolute Gasteiger partial charge is 0.444 e. The van der Waals surface area contributed by atoms with Crippen LogP contribution in [0.3, 0.4) is 0 Å². The van der Waals surface area contributed by atoms with Crippen LogP contribution in [0.1, 0.15) is 25.8 Å². The van der Waals surface area contributed by atoms with E-state index in [1.807, 2.05) is 12.3 Å². The number of benzene rings is 1. The fourth-order valence-corrected chi connectivity index (χ4v) is 5.06. The first-order valence-corrected chi connectivity index (χ1v) is 11.1. The third kappa shape index (κ3) is 5.21. The molecule has 8 nitrogen and oxygen atoms in total. The van der Waals surface area contributed by atoms with Gasteiger partial charge < -0.3 is 10.1 Å². The van der Waals surface area contributed by atoms with Gasteiger partial charge in [0.25, 0.3) is 0 Å². The number of alkyl carbamates (subject to hydrolysis) is 1. The van der Waals surface area contributed by atoms with Crippen molar-refractivity contribution in [3.8, 4) is 11.1 Å². The summed E-state index contributed by atoms with van der Waals surface area (Å²) in [4.78, 5) is 16.0. The van der Waals surface area contributed by atoms with Gasteiger partial charge in [-0.05, 0) is 38.5 Å². The van der Waals surface area contributed by atoms with Crippen LogP contribution >= 0.6 is 11.3 Å². The molecule has 1 N–H and O–H groups in total. The topological polar surface area (TPSA) is 103 Å². The summed E-state index contributed by atoms with van der Waals surface area (Å²) in [6, 6.07) is 6.69. The molecule has 2 aromatic heterocycles. The van der Waals surface area contributed by atoms with Gasteiger partial charge in [0.05, 0.1) is 23.8 Å². The molecular formula is C19H22N4O4S2. The number of ether oxygens (including phenoxy) is 1. The van der Waals surface area contributed by atoms with Crippen molar-refractivity contribution in [1.82, 2.24) is 20.1 Å². The van der Waals surface area contributed by atoms with Gasteiger partial charge in [0.1, 0.15) is 14.8 Å². The monoisotopic (exact) mass is 434 g/mol. The third-order valence-electron chi connectivity index (χ3n) is 3.76. The van der Waals surface area contributed by atoms with Gasteiger partial charge in [0.2, 0.25) is 9.84 Å². The van der Waals surface area contributed by atoms with Gasteiger partial charge in [-0.2, -0.15) is 5.10 Å². The highest BCUT2D eigenvalue weighted by molar-refractivity contribution is 7.93. The van der Waals surface area contributed by atoms with E-state index >= 15 is 0 Å². The first-order valence-electron chi connectivity index (χ1n) is 8.80. The lowest BCUT2D eigenvalue weighted by Gasteiger charge is -2.19. The first kappa shape index (κ1) is 21.0. The van der Waals surface area contributed by atoms with E-state index in [1.54, 1.807) is 56.9 Å². The minimum absolute atomic E-state index is 0.0881. The maximum atomic E-state index is 13.0. The Kier molecular flexibility index (Phi) is 5.76. The molecule has 0 aliphatic carbocycles. The van der Waals surface area contributed by atoms with Crippen molar-refractivity contribution in [2.24, 2.45) is 7.05 Å². The van der Waals surface area contributed by atoms with E-state index in [0.717, 1.165) is 22.5 Å². The van der Waals surface area contributed by atoms with Crippen molar-refractivity contribution in [3.05, 3.63) is 47.9 Å². The number of hydrogen-bond acceptors (Lipinski definition) is 7. The number of hydrogen-bond donors (Lipinski definition) is 1. The Balaban J connectivity index is 1.76. The van der Waals surface area contributed by atoms with Crippen molar-refractivity contribution < 1.29 is 17.9 Å². The molecule has 0 aliphatic heterocycles. The summed E-state index contributed by atoms with van der Waals surface area (Å²) >= 11 is 1.01. The molecule has 0 bridgehead atoms. The number of aromatic nitrogens is 3. The first-order chi connectivity index (χ1) is 13.5. The second kappa shape index (κ2) is 7.96. The number of nitrogens with zero attached hydrogens (tertiary/aromatic N) is 3. The average Bonchev–Trinajstić information content (AvgIpc) is 3.28. The quantitative estimate of drug-likeness (QED) is 0.660. The van der Waals surface area contributed by atoms with Crippen LogP contribution in [0.2, 0.25) is 0 Å². The summed E-state index contributed by atoms with van der Waals surface area (Å²) in [5.74, 6) is 0. The molecular weight excluding hydrogens is 412 g/mol. The molecule has 2 heterocycles. The number of amides is 1. The molecule has 0 saturated heterocycles. The van der Waals surface area contributed by atoms with Crippen molar-refractivity contribution in [1.29, 1.82) is 0 Å². The van der Waals surface area contributed by atoms with Crippen LogP contribution < -0.4 is 5.32 Å². The number of nitrogens with one attached hydrogen (secondary N) is 1. The molecule has 0 radical (unpaired) electrons. The van der Waals surface area contributed by atoms with E-state index < -0.39 is 21.5 Å². The van der Waals surface area contributed by atoms with Gasteiger partial charge in [0, 0.05) is 18.8 Å². The summed E-state index contributed by atoms with van der Waals surface area (Å²) < 4.78 is 32.9. The predicted octanol–water partition coefficient (Wildman–Crippen LogP) is 3.40. The molecule has 0 saturated carbocycles. The number of carbonyl (C=O) groups is 1. The molecule has 154 valence electrons. The maximum Gasteiger partial charge on any atom is 0.408 e. The summed E-state index contributed by atoms with van der Waals surface area (Å²) in [6.45, 7) is 5.38. The standard InChI is InChI=1S/C19H22N4O4S2/c1-19(2,3)27-18(24)21-10-16-20-11-17(28-16)29(25,26)15-7-5-6-13(8-15)14-9-22-23(4)12-14/h5-9,11-12H,10H2,1-4H3,(H,21,24). The fraction of sp³-hybridized carbons (Fsp3) is 0.316. The molecule has 3 aromatic rings. The Bertz CT molecular complexity index is 1130. The number of sulfone groups is 1. The zero-order chi connectivity index (χ0) is 21.2. The van der Waals surface area contributed by atoms with E-state index in [4.69, 9.17) is 4.74 Å². The Hall–Kier alpha value is -2.72. The number of rotatable bonds is 5. The Morgan fingerprint density at radius 3 is 2.66 bits per heavy atom. The minimum atomic E-state index is -3.72. The smallest absolute Gasteiger partial charge is 0.408 e. The zero-order valence-corrected chi connectivity index (χ0v) is 18.2. The SMILES string of the molecule is Cn1cc(-c2cccc(S(=O)(=O)c3cnc(CNC(=O)OC(C)(C)C)s3)c2)cn1. The lowest BCUT2D eigenvalue weighted by atomic mass is 10.1. The van der Waals surface area contributed by atoms with E-state index in [2.05, 4.69) is 15.4 Å². The van der Waals surface area contributed by atoms with Crippen LogP contribution in [-0.4, -0.2) is 34.9 Å². The summed E-state index contributed by atoms with van der Waals surface area (Å²) in [5.41, 5.74) is 0.979. The predicted molar refractivity (Wildman–Crippen MR) is 109 cm³/mol. The van der Waals surface area contributed by atoms with Crippen molar-refractivity contribution >= 4 is 27.3 Å². The molecule has 0 spiro atoms. The second-order valence-electron chi connectivity index (χ2n) is 7.36. The van der Waals surface area contributed by atoms with Gasteiger partial charge >= 0.3 is 6.09 Å². The van der Waals surface area contributed by atoms with Crippen molar-refractivity contribution in [3.63, 3.8) is 0 Å². The van der Waals surface area contributed by atoms with Crippen molar-refractivity contribution in [2.45, 2.75) is 42.0 Å². The van der Waals surface area contributed by atoms with E-state index in [1.165, 1.54) is 6.20 Å². The average molecular weight is 435 g/mol. The van der Waals surface area contributed by atoms with Crippen LogP contribution in [0.5, 0.6) is 0 Å². The summed E-state index contributed by atoms with van der Waals surface area (Å²) in [6.07, 6.45) is 4.22. The van der Waals surface area contributed by atoms with Gasteiger partial charge in [-0.25, -0.2) is 18.2 Å². The van der Waals surface area contributed by atoms with Crippen LogP contribution in [0.15, 0.2) is 52.0 Å². The molecule has 0 unspecified atom stereocenters. The van der Waals surface area contributed by atoms with E-state index in [-0.39, 0.29) is 15.6 Å².